The lowest BCUT2D eigenvalue weighted by molar-refractivity contribution is 0.0696. The van der Waals surface area contributed by atoms with E-state index in [1.54, 1.807) is 18.2 Å². The number of hydrogen-bond donors (Lipinski definition) is 3. The van der Waals surface area contributed by atoms with E-state index >= 15 is 0 Å². The van der Waals surface area contributed by atoms with Crippen LogP contribution >= 0.6 is 23.2 Å². The predicted octanol–water partition coefficient (Wildman–Crippen LogP) is 4.16. The van der Waals surface area contributed by atoms with Crippen molar-refractivity contribution >= 4 is 51.8 Å². The molecule has 0 bridgehead atoms. The summed E-state index contributed by atoms with van der Waals surface area (Å²) < 4.78 is 0. The highest BCUT2D eigenvalue weighted by atomic mass is 35.5. The van der Waals surface area contributed by atoms with Crippen LogP contribution in [0.15, 0.2) is 43.0 Å². The fourth-order valence-corrected chi connectivity index (χ4v) is 3.10. The zero-order chi connectivity index (χ0) is 19.0. The molecule has 0 atom stereocenters. The summed E-state index contributed by atoms with van der Waals surface area (Å²) in [6.45, 7) is 0. The topological polar surface area (TPSA) is 117 Å². The first-order valence-corrected chi connectivity index (χ1v) is 8.39. The van der Waals surface area contributed by atoms with Crippen LogP contribution in [0.3, 0.4) is 0 Å². The van der Waals surface area contributed by atoms with Gasteiger partial charge in [0.25, 0.3) is 0 Å². The molecule has 0 unspecified atom stereocenters. The molecule has 4 aromatic rings. The van der Waals surface area contributed by atoms with Gasteiger partial charge in [-0.1, -0.05) is 29.3 Å². The van der Waals surface area contributed by atoms with E-state index < -0.39 is 5.97 Å². The van der Waals surface area contributed by atoms with E-state index in [9.17, 15) is 4.79 Å². The second kappa shape index (κ2) is 6.82. The number of carboxylic acids is 1. The van der Waals surface area contributed by atoms with Gasteiger partial charge in [0.05, 0.1) is 33.1 Å². The van der Waals surface area contributed by atoms with Crippen molar-refractivity contribution in [2.75, 3.05) is 5.32 Å². The predicted molar refractivity (Wildman–Crippen MR) is 102 cm³/mol. The van der Waals surface area contributed by atoms with E-state index in [0.29, 0.717) is 44.1 Å². The Morgan fingerprint density at radius 2 is 1.93 bits per heavy atom. The molecule has 0 amide bonds. The quantitative estimate of drug-likeness (QED) is 0.470. The molecule has 0 aliphatic heterocycles. The number of pyridine rings is 1. The van der Waals surface area contributed by atoms with Crippen LogP contribution in [-0.2, 0) is 0 Å². The number of benzene rings is 1. The summed E-state index contributed by atoms with van der Waals surface area (Å²) in [6.07, 6.45) is 4.09. The van der Waals surface area contributed by atoms with E-state index in [-0.39, 0.29) is 5.56 Å². The van der Waals surface area contributed by atoms with Crippen molar-refractivity contribution < 1.29 is 9.90 Å². The molecule has 0 saturated carbocycles. The number of imidazole rings is 1. The number of aromatic nitrogens is 5. The Kier molecular flexibility index (Phi) is 4.35. The molecule has 3 N–H and O–H groups in total. The average molecular weight is 401 g/mol. The molecule has 10 heteroatoms. The maximum atomic E-state index is 11.1. The van der Waals surface area contributed by atoms with Gasteiger partial charge in [-0.2, -0.15) is 0 Å². The summed E-state index contributed by atoms with van der Waals surface area (Å²) in [6, 6.07) is 6.62. The molecule has 0 saturated heterocycles. The minimum atomic E-state index is -1.07. The number of carboxylic acid groups (broad SMARTS) is 1. The average Bonchev–Trinajstić information content (AvgIpc) is 3.06. The summed E-state index contributed by atoms with van der Waals surface area (Å²) in [4.78, 5) is 30.9. The third-order valence-electron chi connectivity index (χ3n) is 3.74. The minimum absolute atomic E-state index is 0.0541. The number of fused-ring (bicyclic) bond motifs is 1. The lowest BCUT2D eigenvalue weighted by atomic mass is 10.2. The first kappa shape index (κ1) is 17.2. The van der Waals surface area contributed by atoms with Gasteiger partial charge < -0.3 is 15.4 Å². The third kappa shape index (κ3) is 3.27. The molecule has 3 aromatic heterocycles. The molecule has 0 fully saturated rings. The highest BCUT2D eigenvalue weighted by molar-refractivity contribution is 6.39. The zero-order valence-corrected chi connectivity index (χ0v) is 15.0. The maximum absolute atomic E-state index is 11.1. The van der Waals surface area contributed by atoms with E-state index in [0.717, 1.165) is 0 Å². The van der Waals surface area contributed by atoms with Crippen LogP contribution in [0.2, 0.25) is 10.0 Å². The highest BCUT2D eigenvalue weighted by Crippen LogP contribution is 2.34. The first-order chi connectivity index (χ1) is 13.0. The summed E-state index contributed by atoms with van der Waals surface area (Å²) in [5.41, 5.74) is 1.99. The number of aromatic carboxylic acids is 1. The van der Waals surface area contributed by atoms with Crippen LogP contribution < -0.4 is 5.32 Å². The molecule has 0 radical (unpaired) electrons. The monoisotopic (exact) mass is 400 g/mol. The van der Waals surface area contributed by atoms with Gasteiger partial charge in [0, 0.05) is 6.20 Å². The van der Waals surface area contributed by atoms with Crippen molar-refractivity contribution in [1.82, 2.24) is 24.9 Å². The molecule has 0 aliphatic rings. The highest BCUT2D eigenvalue weighted by Gasteiger charge is 2.16. The smallest absolute Gasteiger partial charge is 0.337 e. The van der Waals surface area contributed by atoms with Gasteiger partial charge in [-0.3, -0.25) is 4.98 Å². The minimum Gasteiger partial charge on any atom is -0.478 e. The van der Waals surface area contributed by atoms with Gasteiger partial charge in [0.2, 0.25) is 0 Å². The Morgan fingerprint density at radius 3 is 2.67 bits per heavy atom. The van der Waals surface area contributed by atoms with Crippen LogP contribution in [0.25, 0.3) is 22.6 Å². The fourth-order valence-electron chi connectivity index (χ4n) is 2.53. The number of halogens is 2. The Hall–Kier alpha value is -3.23. The van der Waals surface area contributed by atoms with Gasteiger partial charge in [0.1, 0.15) is 17.7 Å². The van der Waals surface area contributed by atoms with Crippen LogP contribution in [0, 0.1) is 0 Å². The second-order valence-electron chi connectivity index (χ2n) is 5.50. The molecule has 0 aliphatic carbocycles. The van der Waals surface area contributed by atoms with Gasteiger partial charge in [-0.15, -0.1) is 0 Å². The summed E-state index contributed by atoms with van der Waals surface area (Å²) in [7, 11) is 0. The molecule has 1 aromatic carbocycles. The van der Waals surface area contributed by atoms with Crippen molar-refractivity contribution in [3.63, 3.8) is 0 Å². The van der Waals surface area contributed by atoms with Crippen molar-refractivity contribution in [2.24, 2.45) is 0 Å². The Bertz CT molecular complexity index is 1160. The largest absolute Gasteiger partial charge is 0.478 e. The standard InChI is InChI=1S/C17H10Cl2N6O2/c18-10-2-1-3-11(19)12(10)14-24-13-15(21-7-22-16(13)25-14)23-9-4-8(17(26)27)5-20-6-9/h1-7H,(H,26,27)(H2,21,22,23,24,25). The third-order valence-corrected chi connectivity index (χ3v) is 4.37. The zero-order valence-electron chi connectivity index (χ0n) is 13.4. The first-order valence-electron chi connectivity index (χ1n) is 7.63. The van der Waals surface area contributed by atoms with Gasteiger partial charge in [-0.05, 0) is 18.2 Å². The Morgan fingerprint density at radius 1 is 1.15 bits per heavy atom. The Labute approximate surface area is 162 Å². The Balaban J connectivity index is 1.78. The SMILES string of the molecule is O=C(O)c1cncc(Nc2ncnc3nc(-c4c(Cl)cccc4Cl)[nH]c23)c1. The molecule has 27 heavy (non-hydrogen) atoms. The molecule has 3 heterocycles. The van der Waals surface area contributed by atoms with Crippen molar-refractivity contribution in [3.8, 4) is 11.4 Å². The maximum Gasteiger partial charge on any atom is 0.337 e. The summed E-state index contributed by atoms with van der Waals surface area (Å²) >= 11 is 12.5. The number of anilines is 2. The van der Waals surface area contributed by atoms with E-state index in [1.807, 2.05) is 0 Å². The lowest BCUT2D eigenvalue weighted by Gasteiger charge is -2.06. The molecule has 8 nitrogen and oxygen atoms in total. The van der Waals surface area contributed by atoms with E-state index in [1.165, 1.54) is 24.8 Å². The lowest BCUT2D eigenvalue weighted by Crippen LogP contribution is -2.01. The van der Waals surface area contributed by atoms with Crippen LogP contribution in [0.5, 0.6) is 0 Å². The van der Waals surface area contributed by atoms with Gasteiger partial charge in [-0.25, -0.2) is 19.7 Å². The summed E-state index contributed by atoms with van der Waals surface area (Å²) in [5.74, 6) is -0.219. The van der Waals surface area contributed by atoms with Crippen LogP contribution in [0.1, 0.15) is 10.4 Å². The fraction of sp³-hybridized carbons (Fsp3) is 0. The normalized spacial score (nSPS) is 10.9. The molecule has 0 spiro atoms. The van der Waals surface area contributed by atoms with Crippen molar-refractivity contribution in [3.05, 3.63) is 58.6 Å². The number of rotatable bonds is 4. The van der Waals surface area contributed by atoms with E-state index in [2.05, 4.69) is 30.2 Å². The summed E-state index contributed by atoms with van der Waals surface area (Å²) in [5, 5.41) is 13.0. The number of hydrogen-bond acceptors (Lipinski definition) is 6. The molecule has 134 valence electrons. The van der Waals surface area contributed by atoms with Crippen molar-refractivity contribution in [1.29, 1.82) is 0 Å². The number of nitrogens with one attached hydrogen (secondary N) is 2. The van der Waals surface area contributed by atoms with E-state index in [4.69, 9.17) is 28.3 Å². The van der Waals surface area contributed by atoms with Gasteiger partial charge in [0.15, 0.2) is 11.5 Å². The number of nitrogens with zero attached hydrogens (tertiary/aromatic N) is 4. The van der Waals surface area contributed by atoms with Crippen LogP contribution in [-0.4, -0.2) is 36.0 Å². The van der Waals surface area contributed by atoms with Gasteiger partial charge >= 0.3 is 5.97 Å². The molecular formula is C17H10Cl2N6O2. The molecule has 4 rings (SSSR count). The number of aromatic amines is 1. The molecular weight excluding hydrogens is 391 g/mol. The number of H-pyrrole nitrogens is 1. The number of carbonyl (C=O) groups is 1. The van der Waals surface area contributed by atoms with Crippen LogP contribution in [0.4, 0.5) is 11.5 Å². The van der Waals surface area contributed by atoms with Crippen molar-refractivity contribution in [2.45, 2.75) is 0 Å². The second-order valence-corrected chi connectivity index (χ2v) is 6.31.